The van der Waals surface area contributed by atoms with E-state index < -0.39 is 29.6 Å². The van der Waals surface area contributed by atoms with Gasteiger partial charge >= 0.3 is 0 Å². The third-order valence-corrected chi connectivity index (χ3v) is 10.2. The average molecular weight is 649 g/mol. The normalized spacial score (nSPS) is 26.1. The first kappa shape index (κ1) is 32.1. The van der Waals surface area contributed by atoms with Gasteiger partial charge in [-0.3, -0.25) is 14.4 Å². The van der Waals surface area contributed by atoms with Crippen LogP contribution in [0.25, 0.3) is 0 Å². The maximum atomic E-state index is 14.4. The zero-order chi connectivity index (χ0) is 33.1. The number of anilines is 1. The predicted molar refractivity (Wildman–Crippen MR) is 183 cm³/mol. The Hall–Kier alpha value is -4.47. The molecule has 2 saturated heterocycles. The second-order valence-corrected chi connectivity index (χ2v) is 13.6. The summed E-state index contributed by atoms with van der Waals surface area (Å²) in [6.45, 7) is 1.95. The molecule has 4 aliphatic rings. The molecule has 1 spiro atoms. The second-order valence-electron chi connectivity index (χ2n) is 13.6. The number of amides is 3. The van der Waals surface area contributed by atoms with Crippen LogP contribution < -0.4 is 15.4 Å². The lowest BCUT2D eigenvalue weighted by atomic mass is 9.74. The summed E-state index contributed by atoms with van der Waals surface area (Å²) in [5.41, 5.74) is 0.640. The Kier molecular flexibility index (Phi) is 9.32. The van der Waals surface area contributed by atoms with Gasteiger partial charge in [0, 0.05) is 24.8 Å². The van der Waals surface area contributed by atoms with Crippen molar-refractivity contribution >= 4 is 23.4 Å². The van der Waals surface area contributed by atoms with E-state index in [1.165, 1.54) is 12.0 Å². The molecule has 48 heavy (non-hydrogen) atoms. The maximum Gasteiger partial charge on any atom is 0.246 e. The quantitative estimate of drug-likeness (QED) is 0.250. The van der Waals surface area contributed by atoms with E-state index in [1.54, 1.807) is 29.2 Å². The van der Waals surface area contributed by atoms with Gasteiger partial charge in [-0.25, -0.2) is 0 Å². The highest BCUT2D eigenvalue weighted by Gasteiger charge is 2.72. The minimum Gasteiger partial charge on any atom is -0.457 e. The topological polar surface area (TPSA) is 100 Å². The van der Waals surface area contributed by atoms with Crippen molar-refractivity contribution in [2.45, 2.75) is 68.9 Å². The molecular weight excluding hydrogens is 604 g/mol. The SMILES string of the molecule is CN(CCCN1C(=O)[C@@H]2[C@H](C(=O)Nc3ccc(Oc4ccccc4)cc3)[C@@H]3C=C[C@@]2(O3)[C@@H]1C(=O)NC1CCCCC1)Cc1ccccc1. The molecule has 1 aliphatic carbocycles. The first-order chi connectivity index (χ1) is 23.4. The van der Waals surface area contributed by atoms with Crippen LogP contribution in [0.2, 0.25) is 0 Å². The van der Waals surface area contributed by atoms with E-state index >= 15 is 0 Å². The maximum absolute atomic E-state index is 14.4. The number of fused-ring (bicyclic) bond motifs is 1. The molecule has 3 amide bonds. The molecular formula is C39H44N4O5. The average Bonchev–Trinajstić information content (AvgIpc) is 3.74. The molecule has 9 heteroatoms. The van der Waals surface area contributed by atoms with Crippen molar-refractivity contribution in [1.82, 2.24) is 15.1 Å². The minimum atomic E-state index is -1.17. The molecule has 2 bridgehead atoms. The largest absolute Gasteiger partial charge is 0.457 e. The van der Waals surface area contributed by atoms with Gasteiger partial charge < -0.3 is 29.9 Å². The number of carbonyl (C=O) groups is 3. The van der Waals surface area contributed by atoms with E-state index in [0.29, 0.717) is 24.4 Å². The van der Waals surface area contributed by atoms with Crippen molar-refractivity contribution < 1.29 is 23.9 Å². The number of para-hydroxylation sites is 1. The van der Waals surface area contributed by atoms with E-state index in [-0.39, 0.29) is 23.8 Å². The zero-order valence-corrected chi connectivity index (χ0v) is 27.4. The van der Waals surface area contributed by atoms with Crippen molar-refractivity contribution in [1.29, 1.82) is 0 Å². The van der Waals surface area contributed by atoms with E-state index in [2.05, 4.69) is 34.7 Å². The number of nitrogens with one attached hydrogen (secondary N) is 2. The Balaban J connectivity index is 1.07. The Bertz CT molecular complexity index is 1630. The zero-order valence-electron chi connectivity index (χ0n) is 27.4. The van der Waals surface area contributed by atoms with E-state index in [4.69, 9.17) is 9.47 Å². The van der Waals surface area contributed by atoms with Gasteiger partial charge in [0.1, 0.15) is 23.1 Å². The van der Waals surface area contributed by atoms with Crippen LogP contribution in [0, 0.1) is 11.8 Å². The van der Waals surface area contributed by atoms with E-state index in [9.17, 15) is 14.4 Å². The molecule has 3 fully saturated rings. The van der Waals surface area contributed by atoms with Crippen molar-refractivity contribution in [3.63, 3.8) is 0 Å². The lowest BCUT2D eigenvalue weighted by Crippen LogP contribution is -2.56. The first-order valence-corrected chi connectivity index (χ1v) is 17.3. The predicted octanol–water partition coefficient (Wildman–Crippen LogP) is 5.54. The summed E-state index contributed by atoms with van der Waals surface area (Å²) in [7, 11) is 2.06. The van der Waals surface area contributed by atoms with Crippen LogP contribution >= 0.6 is 0 Å². The number of ether oxygens (including phenoxy) is 2. The molecule has 0 unspecified atom stereocenters. The molecule has 9 nitrogen and oxygen atoms in total. The lowest BCUT2D eigenvalue weighted by Gasteiger charge is -2.34. The summed E-state index contributed by atoms with van der Waals surface area (Å²) < 4.78 is 12.4. The second kappa shape index (κ2) is 13.9. The molecule has 250 valence electrons. The first-order valence-electron chi connectivity index (χ1n) is 17.3. The standard InChI is InChI=1S/C39H44N4O5/c1-42(26-27-12-5-2-6-13-27)24-11-25-43-35(37(45)41-28-14-7-3-8-15-28)39-23-22-32(48-39)33(34(39)38(43)46)36(44)40-29-18-20-31(21-19-29)47-30-16-9-4-10-17-30/h2,4-6,9-10,12-13,16-23,28,32-35H,3,7-8,11,14-15,24-26H2,1H3,(H,40,44)(H,41,45)/t32-,33+,34-,35-,39-/m0/s1. The molecule has 3 heterocycles. The molecule has 5 atom stereocenters. The number of hydrogen-bond donors (Lipinski definition) is 2. The number of benzene rings is 3. The molecule has 0 aromatic heterocycles. The van der Waals surface area contributed by atoms with Gasteiger partial charge in [-0.1, -0.05) is 79.9 Å². The monoisotopic (exact) mass is 648 g/mol. The van der Waals surface area contributed by atoms with Crippen LogP contribution in [0.1, 0.15) is 44.1 Å². The third-order valence-electron chi connectivity index (χ3n) is 10.2. The van der Waals surface area contributed by atoms with Gasteiger partial charge in [0.05, 0.1) is 17.9 Å². The van der Waals surface area contributed by atoms with Gasteiger partial charge in [-0.15, -0.1) is 0 Å². The number of rotatable bonds is 12. The van der Waals surface area contributed by atoms with E-state index in [0.717, 1.165) is 44.5 Å². The van der Waals surface area contributed by atoms with Crippen LogP contribution in [0.4, 0.5) is 5.69 Å². The Morgan fingerprint density at radius 3 is 2.33 bits per heavy atom. The molecule has 7 rings (SSSR count). The number of nitrogens with zero attached hydrogens (tertiary/aromatic N) is 2. The Morgan fingerprint density at radius 2 is 1.60 bits per heavy atom. The minimum absolute atomic E-state index is 0.0891. The lowest BCUT2D eigenvalue weighted by molar-refractivity contribution is -0.141. The number of likely N-dealkylation sites (tertiary alicyclic amines) is 1. The number of hydrogen-bond acceptors (Lipinski definition) is 6. The molecule has 2 N–H and O–H groups in total. The highest BCUT2D eigenvalue weighted by atomic mass is 16.5. The van der Waals surface area contributed by atoms with Gasteiger partial charge in [0.25, 0.3) is 0 Å². The highest BCUT2D eigenvalue weighted by molar-refractivity contribution is 6.02. The Labute approximate surface area is 282 Å². The van der Waals surface area contributed by atoms with Crippen LogP contribution in [0.5, 0.6) is 11.5 Å². The summed E-state index contributed by atoms with van der Waals surface area (Å²) in [5, 5.41) is 6.28. The van der Waals surface area contributed by atoms with Crippen molar-refractivity contribution in [3.05, 3.63) is 103 Å². The summed E-state index contributed by atoms with van der Waals surface area (Å²) in [5.74, 6) is -0.834. The van der Waals surface area contributed by atoms with Crippen molar-refractivity contribution in [3.8, 4) is 11.5 Å². The van der Waals surface area contributed by atoms with Crippen LogP contribution in [0.15, 0.2) is 97.1 Å². The fraction of sp³-hybridized carbons (Fsp3) is 0.410. The van der Waals surface area contributed by atoms with Gasteiger partial charge in [-0.05, 0) is 74.8 Å². The van der Waals surface area contributed by atoms with Crippen LogP contribution in [0.3, 0.4) is 0 Å². The van der Waals surface area contributed by atoms with Crippen LogP contribution in [-0.4, -0.2) is 71.4 Å². The smallest absolute Gasteiger partial charge is 0.246 e. The van der Waals surface area contributed by atoms with Crippen molar-refractivity contribution in [2.24, 2.45) is 11.8 Å². The number of carbonyl (C=O) groups excluding carboxylic acids is 3. The molecule has 3 aromatic rings. The van der Waals surface area contributed by atoms with Gasteiger partial charge in [-0.2, -0.15) is 0 Å². The van der Waals surface area contributed by atoms with Crippen molar-refractivity contribution in [2.75, 3.05) is 25.5 Å². The van der Waals surface area contributed by atoms with Gasteiger partial charge in [0.15, 0.2) is 0 Å². The highest BCUT2D eigenvalue weighted by Crippen LogP contribution is 2.55. The molecule has 3 aliphatic heterocycles. The third kappa shape index (κ3) is 6.49. The van der Waals surface area contributed by atoms with E-state index in [1.807, 2.05) is 60.7 Å². The fourth-order valence-electron chi connectivity index (χ4n) is 7.98. The summed E-state index contributed by atoms with van der Waals surface area (Å²) in [4.78, 5) is 46.3. The summed E-state index contributed by atoms with van der Waals surface area (Å²) in [6.07, 6.45) is 9.07. The Morgan fingerprint density at radius 1 is 0.917 bits per heavy atom. The molecule has 0 radical (unpaired) electrons. The fourth-order valence-corrected chi connectivity index (χ4v) is 7.98. The van der Waals surface area contributed by atoms with Crippen LogP contribution in [-0.2, 0) is 25.7 Å². The summed E-state index contributed by atoms with van der Waals surface area (Å²) >= 11 is 0. The molecule has 3 aromatic carbocycles. The molecule has 1 saturated carbocycles. The van der Waals surface area contributed by atoms with Gasteiger partial charge in [0.2, 0.25) is 17.7 Å². The summed E-state index contributed by atoms with van der Waals surface area (Å²) in [6, 6.07) is 26.2.